The molecule has 0 fully saturated rings. The first-order chi connectivity index (χ1) is 11.1. The SMILES string of the molecule is C[C@@H](CC(C#N)(C#N)Cc1ccccc1)C(=O)c1ccccc1. The number of carbonyl (C=O) groups excluding carboxylic acids is 1. The molecule has 2 aromatic rings. The number of nitriles is 2. The zero-order chi connectivity index (χ0) is 16.7. The first kappa shape index (κ1) is 16.5. The molecule has 0 unspecified atom stereocenters. The monoisotopic (exact) mass is 302 g/mol. The van der Waals surface area contributed by atoms with Gasteiger partial charge in [0.1, 0.15) is 5.41 Å². The summed E-state index contributed by atoms with van der Waals surface area (Å²) in [5.74, 6) is -0.422. The van der Waals surface area contributed by atoms with Gasteiger partial charge in [-0.05, 0) is 12.0 Å². The number of nitrogens with zero attached hydrogens (tertiary/aromatic N) is 2. The van der Waals surface area contributed by atoms with Crippen LogP contribution in [0.5, 0.6) is 0 Å². The fraction of sp³-hybridized carbons (Fsp3) is 0.250. The number of rotatable bonds is 6. The molecule has 0 N–H and O–H groups in total. The van der Waals surface area contributed by atoms with Crippen LogP contribution in [0.25, 0.3) is 0 Å². The van der Waals surface area contributed by atoms with E-state index in [1.165, 1.54) is 0 Å². The Kier molecular flexibility index (Phi) is 5.28. The van der Waals surface area contributed by atoms with Crippen LogP contribution in [-0.2, 0) is 6.42 Å². The summed E-state index contributed by atoms with van der Waals surface area (Å²) in [7, 11) is 0. The minimum absolute atomic E-state index is 0.0338. The van der Waals surface area contributed by atoms with Gasteiger partial charge >= 0.3 is 0 Å². The van der Waals surface area contributed by atoms with E-state index in [-0.39, 0.29) is 18.1 Å². The highest BCUT2D eigenvalue weighted by atomic mass is 16.1. The van der Waals surface area contributed by atoms with Gasteiger partial charge in [0.15, 0.2) is 5.78 Å². The molecule has 1 atom stereocenters. The van der Waals surface area contributed by atoms with E-state index in [0.717, 1.165) is 5.56 Å². The number of Topliss-reactive ketones (excluding diaryl/α,β-unsaturated/α-hetero) is 1. The summed E-state index contributed by atoms with van der Waals surface area (Å²) in [6.45, 7) is 1.78. The topological polar surface area (TPSA) is 64.7 Å². The Hall–Kier alpha value is -2.91. The van der Waals surface area contributed by atoms with Gasteiger partial charge in [0.05, 0.1) is 12.1 Å². The number of carbonyl (C=O) groups is 1. The molecule has 0 spiro atoms. The van der Waals surface area contributed by atoms with Gasteiger partial charge in [-0.25, -0.2) is 0 Å². The molecule has 0 aromatic heterocycles. The maximum Gasteiger partial charge on any atom is 0.165 e. The average molecular weight is 302 g/mol. The minimum Gasteiger partial charge on any atom is -0.294 e. The number of hydrogen-bond acceptors (Lipinski definition) is 3. The van der Waals surface area contributed by atoms with Gasteiger partial charge in [-0.2, -0.15) is 10.5 Å². The molecular weight excluding hydrogens is 284 g/mol. The highest BCUT2D eigenvalue weighted by molar-refractivity contribution is 5.97. The normalized spacial score (nSPS) is 12.0. The number of benzene rings is 2. The highest BCUT2D eigenvalue weighted by Crippen LogP contribution is 2.31. The molecule has 3 heteroatoms. The Bertz CT molecular complexity index is 725. The lowest BCUT2D eigenvalue weighted by atomic mass is 9.76. The van der Waals surface area contributed by atoms with E-state index in [1.54, 1.807) is 19.1 Å². The Labute approximate surface area is 136 Å². The molecule has 0 aliphatic carbocycles. The van der Waals surface area contributed by atoms with Gasteiger partial charge in [-0.15, -0.1) is 0 Å². The minimum atomic E-state index is -1.19. The van der Waals surface area contributed by atoms with E-state index in [0.29, 0.717) is 12.0 Å². The van der Waals surface area contributed by atoms with Crippen molar-refractivity contribution in [2.75, 3.05) is 0 Å². The molecule has 0 aliphatic heterocycles. The molecule has 0 aliphatic rings. The summed E-state index contributed by atoms with van der Waals surface area (Å²) >= 11 is 0. The van der Waals surface area contributed by atoms with Crippen LogP contribution in [0.2, 0.25) is 0 Å². The molecule has 0 amide bonds. The van der Waals surface area contributed by atoms with Crippen molar-refractivity contribution in [2.24, 2.45) is 11.3 Å². The molecule has 0 saturated carbocycles. The highest BCUT2D eigenvalue weighted by Gasteiger charge is 2.34. The smallest absolute Gasteiger partial charge is 0.165 e. The van der Waals surface area contributed by atoms with Crippen LogP contribution in [0.4, 0.5) is 0 Å². The van der Waals surface area contributed by atoms with Gasteiger partial charge in [0, 0.05) is 17.9 Å². The molecule has 0 radical (unpaired) electrons. The molecule has 0 heterocycles. The summed E-state index contributed by atoms with van der Waals surface area (Å²) in [5, 5.41) is 19.1. The summed E-state index contributed by atoms with van der Waals surface area (Å²) in [6, 6.07) is 22.7. The lowest BCUT2D eigenvalue weighted by Crippen LogP contribution is -2.26. The fourth-order valence-electron chi connectivity index (χ4n) is 2.71. The second-order valence-electron chi connectivity index (χ2n) is 5.80. The third-order valence-corrected chi connectivity index (χ3v) is 3.94. The Morgan fingerprint density at radius 2 is 1.52 bits per heavy atom. The van der Waals surface area contributed by atoms with Crippen LogP contribution >= 0.6 is 0 Å². The van der Waals surface area contributed by atoms with Gasteiger partial charge in [-0.1, -0.05) is 67.6 Å². The molecule has 0 saturated heterocycles. The predicted molar refractivity (Wildman–Crippen MR) is 88.4 cm³/mol. The van der Waals surface area contributed by atoms with Crippen LogP contribution in [0.3, 0.4) is 0 Å². The summed E-state index contributed by atoms with van der Waals surface area (Å²) in [5.41, 5.74) is 0.352. The molecule has 114 valence electrons. The first-order valence-corrected chi connectivity index (χ1v) is 7.56. The quantitative estimate of drug-likeness (QED) is 0.752. The maximum atomic E-state index is 12.5. The third-order valence-electron chi connectivity index (χ3n) is 3.94. The van der Waals surface area contributed by atoms with Crippen molar-refractivity contribution < 1.29 is 4.79 Å². The van der Waals surface area contributed by atoms with Crippen LogP contribution in [0, 0.1) is 34.0 Å². The Balaban J connectivity index is 2.18. The van der Waals surface area contributed by atoms with Crippen LogP contribution in [0.15, 0.2) is 60.7 Å². The lowest BCUT2D eigenvalue weighted by molar-refractivity contribution is 0.0909. The van der Waals surface area contributed by atoms with E-state index in [4.69, 9.17) is 0 Å². The van der Waals surface area contributed by atoms with Crippen molar-refractivity contribution in [1.82, 2.24) is 0 Å². The Morgan fingerprint density at radius 1 is 1.00 bits per heavy atom. The predicted octanol–water partition coefficient (Wildman–Crippen LogP) is 4.17. The van der Waals surface area contributed by atoms with Gasteiger partial charge in [0.25, 0.3) is 0 Å². The van der Waals surface area contributed by atoms with E-state index >= 15 is 0 Å². The molecule has 2 aromatic carbocycles. The van der Waals surface area contributed by atoms with Crippen molar-refractivity contribution in [1.29, 1.82) is 10.5 Å². The zero-order valence-electron chi connectivity index (χ0n) is 13.1. The summed E-state index contributed by atoms with van der Waals surface area (Å²) < 4.78 is 0. The summed E-state index contributed by atoms with van der Waals surface area (Å²) in [4.78, 5) is 12.5. The van der Waals surface area contributed by atoms with Crippen molar-refractivity contribution in [3.63, 3.8) is 0 Å². The van der Waals surface area contributed by atoms with E-state index in [1.807, 2.05) is 48.5 Å². The first-order valence-electron chi connectivity index (χ1n) is 7.56. The van der Waals surface area contributed by atoms with Gasteiger partial charge < -0.3 is 0 Å². The van der Waals surface area contributed by atoms with E-state index in [9.17, 15) is 15.3 Å². The molecule has 3 nitrogen and oxygen atoms in total. The fourth-order valence-corrected chi connectivity index (χ4v) is 2.71. The maximum absolute atomic E-state index is 12.5. The second-order valence-corrected chi connectivity index (χ2v) is 5.80. The van der Waals surface area contributed by atoms with Crippen molar-refractivity contribution in [3.8, 4) is 12.1 Å². The van der Waals surface area contributed by atoms with Crippen LogP contribution in [0.1, 0.15) is 29.3 Å². The van der Waals surface area contributed by atoms with Crippen LogP contribution in [-0.4, -0.2) is 5.78 Å². The number of ketones is 1. The molecular formula is C20H18N2O. The average Bonchev–Trinajstić information content (AvgIpc) is 2.62. The number of hydrogen-bond donors (Lipinski definition) is 0. The third kappa shape index (κ3) is 4.05. The second kappa shape index (κ2) is 7.38. The van der Waals surface area contributed by atoms with Crippen molar-refractivity contribution in [3.05, 3.63) is 71.8 Å². The standard InChI is InChI=1S/C20H18N2O/c1-16(19(23)18-10-6-3-7-11-18)12-20(14-21,15-22)13-17-8-4-2-5-9-17/h2-11,16H,12-13H2,1H3/t16-/m0/s1. The van der Waals surface area contributed by atoms with Gasteiger partial charge in [0.2, 0.25) is 0 Å². The van der Waals surface area contributed by atoms with Crippen molar-refractivity contribution in [2.45, 2.75) is 19.8 Å². The van der Waals surface area contributed by atoms with Gasteiger partial charge in [-0.3, -0.25) is 4.79 Å². The van der Waals surface area contributed by atoms with E-state index in [2.05, 4.69) is 12.1 Å². The van der Waals surface area contributed by atoms with E-state index < -0.39 is 5.41 Å². The molecule has 23 heavy (non-hydrogen) atoms. The zero-order valence-corrected chi connectivity index (χ0v) is 13.1. The largest absolute Gasteiger partial charge is 0.294 e. The molecule has 2 rings (SSSR count). The van der Waals surface area contributed by atoms with Crippen molar-refractivity contribution >= 4 is 5.78 Å². The molecule has 0 bridgehead atoms. The Morgan fingerprint density at radius 3 is 2.04 bits per heavy atom. The summed E-state index contributed by atoms with van der Waals surface area (Å²) in [6.07, 6.45) is 0.551. The lowest BCUT2D eigenvalue weighted by Gasteiger charge is -2.22. The van der Waals surface area contributed by atoms with Crippen LogP contribution < -0.4 is 0 Å².